The molecule has 17 heavy (non-hydrogen) atoms. The Hall–Kier alpha value is -0.570. The maximum absolute atomic E-state index is 10.1. The predicted octanol–water partition coefficient (Wildman–Crippen LogP) is 2.93. The van der Waals surface area contributed by atoms with Gasteiger partial charge in [0.1, 0.15) is 0 Å². The lowest BCUT2D eigenvalue weighted by molar-refractivity contribution is 0.0561. The highest BCUT2D eigenvalue weighted by Crippen LogP contribution is 2.38. The minimum atomic E-state index is -0.228. The summed E-state index contributed by atoms with van der Waals surface area (Å²) in [6, 6.07) is 7.84. The number of benzene rings is 1. The van der Waals surface area contributed by atoms with E-state index in [4.69, 9.17) is 17.3 Å². The molecule has 0 bridgehead atoms. The Morgan fingerprint density at radius 2 is 2.00 bits per heavy atom. The van der Waals surface area contributed by atoms with Gasteiger partial charge in [0.15, 0.2) is 0 Å². The maximum Gasteiger partial charge on any atom is 0.0574 e. The Morgan fingerprint density at radius 3 is 2.65 bits per heavy atom. The van der Waals surface area contributed by atoms with Gasteiger partial charge in [-0.2, -0.15) is 0 Å². The predicted molar refractivity (Wildman–Crippen MR) is 71.2 cm³/mol. The van der Waals surface area contributed by atoms with Crippen molar-refractivity contribution < 1.29 is 5.11 Å². The summed E-state index contributed by atoms with van der Waals surface area (Å²) < 4.78 is 0. The molecule has 1 saturated carbocycles. The molecule has 1 fully saturated rings. The van der Waals surface area contributed by atoms with Gasteiger partial charge in [-0.05, 0) is 36.9 Å². The molecule has 1 aliphatic carbocycles. The van der Waals surface area contributed by atoms with Gasteiger partial charge in [-0.15, -0.1) is 0 Å². The molecule has 3 atom stereocenters. The summed E-state index contributed by atoms with van der Waals surface area (Å²) in [7, 11) is 0. The van der Waals surface area contributed by atoms with Crippen LogP contribution in [0.5, 0.6) is 0 Å². The van der Waals surface area contributed by atoms with Crippen LogP contribution in [-0.2, 0) is 0 Å². The van der Waals surface area contributed by atoms with Crippen LogP contribution in [0.2, 0.25) is 5.02 Å². The summed E-state index contributed by atoms with van der Waals surface area (Å²) >= 11 is 6.23. The Labute approximate surface area is 108 Å². The molecule has 0 spiro atoms. The Morgan fingerprint density at radius 1 is 1.29 bits per heavy atom. The third-order valence-electron chi connectivity index (χ3n) is 3.86. The third-order valence-corrected chi connectivity index (χ3v) is 4.20. The largest absolute Gasteiger partial charge is 0.393 e. The Balaban J connectivity index is 2.23. The number of halogens is 1. The fraction of sp³-hybridized carbons (Fsp3) is 0.571. The number of rotatable bonds is 3. The molecule has 3 heteroatoms. The maximum atomic E-state index is 10.1. The zero-order valence-corrected chi connectivity index (χ0v) is 10.7. The molecule has 0 heterocycles. The van der Waals surface area contributed by atoms with Gasteiger partial charge >= 0.3 is 0 Å². The smallest absolute Gasteiger partial charge is 0.0574 e. The van der Waals surface area contributed by atoms with Gasteiger partial charge in [0.05, 0.1) is 6.10 Å². The van der Waals surface area contributed by atoms with Crippen molar-refractivity contribution in [1.82, 2.24) is 0 Å². The highest BCUT2D eigenvalue weighted by atomic mass is 35.5. The third kappa shape index (κ3) is 2.82. The fourth-order valence-corrected chi connectivity index (χ4v) is 3.19. The van der Waals surface area contributed by atoms with Crippen molar-refractivity contribution in [3.63, 3.8) is 0 Å². The van der Waals surface area contributed by atoms with Crippen LogP contribution in [0.4, 0.5) is 0 Å². The molecular weight excluding hydrogens is 234 g/mol. The molecular formula is C14H20ClNO. The lowest BCUT2D eigenvalue weighted by Gasteiger charge is -2.34. The van der Waals surface area contributed by atoms with E-state index in [1.165, 1.54) is 6.42 Å². The van der Waals surface area contributed by atoms with Crippen LogP contribution in [0.15, 0.2) is 24.3 Å². The van der Waals surface area contributed by atoms with Crippen molar-refractivity contribution >= 4 is 11.6 Å². The lowest BCUT2D eigenvalue weighted by atomic mass is 9.75. The van der Waals surface area contributed by atoms with E-state index in [2.05, 4.69) is 0 Å². The number of nitrogens with two attached hydrogens (primary N) is 1. The highest BCUT2D eigenvalue weighted by molar-refractivity contribution is 6.31. The molecule has 0 unspecified atom stereocenters. The molecule has 94 valence electrons. The van der Waals surface area contributed by atoms with Crippen LogP contribution in [-0.4, -0.2) is 17.8 Å². The van der Waals surface area contributed by atoms with Gasteiger partial charge < -0.3 is 10.8 Å². The summed E-state index contributed by atoms with van der Waals surface area (Å²) in [4.78, 5) is 0. The molecule has 0 aliphatic heterocycles. The summed E-state index contributed by atoms with van der Waals surface area (Å²) in [6.45, 7) is 0.547. The van der Waals surface area contributed by atoms with Crippen molar-refractivity contribution in [3.8, 4) is 0 Å². The topological polar surface area (TPSA) is 46.2 Å². The van der Waals surface area contributed by atoms with Crippen molar-refractivity contribution in [2.75, 3.05) is 6.54 Å². The van der Waals surface area contributed by atoms with Crippen LogP contribution in [0.25, 0.3) is 0 Å². The first kappa shape index (κ1) is 12.9. The van der Waals surface area contributed by atoms with Gasteiger partial charge in [-0.25, -0.2) is 0 Å². The van der Waals surface area contributed by atoms with Crippen LogP contribution in [0, 0.1) is 5.92 Å². The number of aliphatic hydroxyl groups is 1. The van der Waals surface area contributed by atoms with Crippen molar-refractivity contribution in [1.29, 1.82) is 0 Å². The van der Waals surface area contributed by atoms with E-state index in [0.29, 0.717) is 6.54 Å². The number of hydrogen-bond donors (Lipinski definition) is 2. The molecule has 0 radical (unpaired) electrons. The van der Waals surface area contributed by atoms with E-state index in [1.807, 2.05) is 24.3 Å². The second-order valence-electron chi connectivity index (χ2n) is 4.88. The summed E-state index contributed by atoms with van der Waals surface area (Å²) in [6.07, 6.45) is 4.02. The van der Waals surface area contributed by atoms with E-state index in [1.54, 1.807) is 0 Å². The first-order valence-electron chi connectivity index (χ1n) is 6.36. The normalized spacial score (nSPS) is 26.8. The quantitative estimate of drug-likeness (QED) is 0.870. The fourth-order valence-electron chi connectivity index (χ4n) is 2.92. The summed E-state index contributed by atoms with van der Waals surface area (Å²) in [5, 5.41) is 10.9. The number of aliphatic hydroxyl groups excluding tert-OH is 1. The zero-order chi connectivity index (χ0) is 12.3. The highest BCUT2D eigenvalue weighted by Gasteiger charge is 2.31. The Kier molecular flexibility index (Phi) is 4.43. The van der Waals surface area contributed by atoms with E-state index in [9.17, 15) is 5.11 Å². The molecule has 0 aromatic heterocycles. The molecule has 3 N–H and O–H groups in total. The molecule has 2 rings (SSSR count). The minimum Gasteiger partial charge on any atom is -0.393 e. The first-order chi connectivity index (χ1) is 8.24. The van der Waals surface area contributed by atoms with Crippen molar-refractivity contribution in [2.45, 2.75) is 37.7 Å². The van der Waals surface area contributed by atoms with Gasteiger partial charge in [-0.3, -0.25) is 0 Å². The van der Waals surface area contributed by atoms with Crippen LogP contribution >= 0.6 is 11.6 Å². The molecule has 1 aliphatic rings. The van der Waals surface area contributed by atoms with Gasteiger partial charge in [0.25, 0.3) is 0 Å². The molecule has 1 aromatic rings. The van der Waals surface area contributed by atoms with E-state index in [-0.39, 0.29) is 17.9 Å². The van der Waals surface area contributed by atoms with E-state index >= 15 is 0 Å². The Bertz CT molecular complexity index is 369. The SMILES string of the molecule is NC[C@@H](c1ccccc1Cl)[C@H]1CCCC[C@@H]1O. The average Bonchev–Trinajstić information content (AvgIpc) is 2.34. The van der Waals surface area contributed by atoms with Gasteiger partial charge in [0, 0.05) is 10.9 Å². The van der Waals surface area contributed by atoms with E-state index < -0.39 is 0 Å². The van der Waals surface area contributed by atoms with Crippen LogP contribution in [0.3, 0.4) is 0 Å². The standard InChI is InChI=1S/C14H20ClNO/c15-13-7-3-1-5-10(13)12(9-16)11-6-2-4-8-14(11)17/h1,3,5,7,11-12,14,17H,2,4,6,8-9,16H2/t11-,12+,14+/m1/s1. The second-order valence-corrected chi connectivity index (χ2v) is 5.29. The lowest BCUT2D eigenvalue weighted by Crippen LogP contribution is -2.33. The number of hydrogen-bond acceptors (Lipinski definition) is 2. The van der Waals surface area contributed by atoms with Crippen molar-refractivity contribution in [2.24, 2.45) is 11.7 Å². The minimum absolute atomic E-state index is 0.180. The average molecular weight is 254 g/mol. The monoisotopic (exact) mass is 253 g/mol. The van der Waals surface area contributed by atoms with Crippen molar-refractivity contribution in [3.05, 3.63) is 34.9 Å². The molecule has 0 saturated heterocycles. The summed E-state index contributed by atoms with van der Waals surface area (Å²) in [5.74, 6) is 0.438. The molecule has 0 amide bonds. The first-order valence-corrected chi connectivity index (χ1v) is 6.74. The molecule has 1 aromatic carbocycles. The van der Waals surface area contributed by atoms with Gasteiger partial charge in [0.2, 0.25) is 0 Å². The van der Waals surface area contributed by atoms with Crippen LogP contribution in [0.1, 0.15) is 37.2 Å². The van der Waals surface area contributed by atoms with Gasteiger partial charge in [-0.1, -0.05) is 42.6 Å². The zero-order valence-electron chi connectivity index (χ0n) is 9.98. The second kappa shape index (κ2) is 5.85. The van der Waals surface area contributed by atoms with E-state index in [0.717, 1.165) is 29.8 Å². The van der Waals surface area contributed by atoms with Crippen LogP contribution < -0.4 is 5.73 Å². The molecule has 2 nitrogen and oxygen atoms in total. The summed E-state index contributed by atoms with van der Waals surface area (Å²) in [5.41, 5.74) is 6.98.